The zero-order valence-corrected chi connectivity index (χ0v) is 18.3. The highest BCUT2D eigenvalue weighted by molar-refractivity contribution is 7.99. The Labute approximate surface area is 186 Å². The molecule has 0 unspecified atom stereocenters. The third-order valence-electron chi connectivity index (χ3n) is 5.68. The number of carbonyl (C=O) groups is 1. The van der Waals surface area contributed by atoms with Gasteiger partial charge in [0.1, 0.15) is 5.75 Å². The molecular weight excluding hydrogens is 410 g/mol. The van der Waals surface area contributed by atoms with Crippen LogP contribution in [0.3, 0.4) is 0 Å². The van der Waals surface area contributed by atoms with Crippen LogP contribution in [-0.4, -0.2) is 46.1 Å². The maximum Gasteiger partial charge on any atom is 0.237 e. The molecule has 31 heavy (non-hydrogen) atoms. The molecule has 160 valence electrons. The van der Waals surface area contributed by atoms with Crippen LogP contribution in [0.1, 0.15) is 18.9 Å². The van der Waals surface area contributed by atoms with Gasteiger partial charge in [-0.2, -0.15) is 0 Å². The molecule has 1 amide bonds. The third-order valence-corrected chi connectivity index (χ3v) is 6.63. The Balaban J connectivity index is 1.27. The number of nitrogens with zero attached hydrogens (tertiary/aromatic N) is 5. The van der Waals surface area contributed by atoms with Crippen LogP contribution in [0.15, 0.2) is 53.7 Å². The first kappa shape index (κ1) is 19.9. The van der Waals surface area contributed by atoms with Gasteiger partial charge in [-0.15, -0.1) is 10.2 Å². The Hall–Kier alpha value is -3.00. The highest BCUT2D eigenvalue weighted by Gasteiger charge is 2.27. The van der Waals surface area contributed by atoms with E-state index < -0.39 is 0 Å². The van der Waals surface area contributed by atoms with Gasteiger partial charge in [0.25, 0.3) is 0 Å². The van der Waals surface area contributed by atoms with E-state index in [-0.39, 0.29) is 5.91 Å². The molecule has 7 nitrogen and oxygen atoms in total. The smallest absolute Gasteiger partial charge is 0.237 e. The van der Waals surface area contributed by atoms with Crippen molar-refractivity contribution in [3.63, 3.8) is 0 Å². The van der Waals surface area contributed by atoms with Gasteiger partial charge in [-0.25, -0.2) is 0 Å². The van der Waals surface area contributed by atoms with Gasteiger partial charge in [-0.3, -0.25) is 9.36 Å². The first-order valence-corrected chi connectivity index (χ1v) is 11.7. The summed E-state index contributed by atoms with van der Waals surface area (Å²) in [6.07, 6.45) is 2.04. The fourth-order valence-electron chi connectivity index (χ4n) is 4.21. The first-order chi connectivity index (χ1) is 15.2. The van der Waals surface area contributed by atoms with Crippen molar-refractivity contribution in [3.8, 4) is 5.75 Å². The Morgan fingerprint density at radius 2 is 1.90 bits per heavy atom. The van der Waals surface area contributed by atoms with E-state index in [2.05, 4.69) is 25.7 Å². The van der Waals surface area contributed by atoms with E-state index in [9.17, 15) is 4.79 Å². The van der Waals surface area contributed by atoms with Crippen LogP contribution >= 0.6 is 11.8 Å². The molecule has 3 heterocycles. The number of hydrogen-bond donors (Lipinski definition) is 0. The second-order valence-electron chi connectivity index (χ2n) is 7.58. The molecule has 0 bridgehead atoms. The zero-order valence-electron chi connectivity index (χ0n) is 17.5. The van der Waals surface area contributed by atoms with Crippen molar-refractivity contribution in [2.24, 2.45) is 0 Å². The van der Waals surface area contributed by atoms with Crippen molar-refractivity contribution in [3.05, 3.63) is 54.1 Å². The number of para-hydroxylation sites is 1. The number of amides is 1. The molecule has 3 aromatic rings. The van der Waals surface area contributed by atoms with Crippen molar-refractivity contribution >= 4 is 35.0 Å². The maximum atomic E-state index is 13.0. The number of ether oxygens (including phenoxy) is 1. The summed E-state index contributed by atoms with van der Waals surface area (Å²) in [5.41, 5.74) is 3.36. The highest BCUT2D eigenvalue weighted by atomic mass is 32.2. The number of thioether (sulfide) groups is 1. The summed E-state index contributed by atoms with van der Waals surface area (Å²) in [5, 5.41) is 9.56. The molecular formula is C23H25N5O2S. The van der Waals surface area contributed by atoms with Gasteiger partial charge in [0.15, 0.2) is 5.16 Å². The van der Waals surface area contributed by atoms with Crippen molar-refractivity contribution in [1.29, 1.82) is 0 Å². The van der Waals surface area contributed by atoms with Crippen LogP contribution in [0.5, 0.6) is 5.75 Å². The van der Waals surface area contributed by atoms with Crippen LogP contribution in [0.2, 0.25) is 0 Å². The third kappa shape index (κ3) is 3.87. The quantitative estimate of drug-likeness (QED) is 0.547. The van der Waals surface area contributed by atoms with Crippen molar-refractivity contribution in [1.82, 2.24) is 14.8 Å². The first-order valence-electron chi connectivity index (χ1n) is 10.7. The van der Waals surface area contributed by atoms with E-state index in [0.29, 0.717) is 12.4 Å². The van der Waals surface area contributed by atoms with Crippen LogP contribution < -0.4 is 14.5 Å². The number of fused-ring (bicyclic) bond motifs is 2. The van der Waals surface area contributed by atoms with Gasteiger partial charge >= 0.3 is 0 Å². The van der Waals surface area contributed by atoms with Gasteiger partial charge < -0.3 is 14.5 Å². The number of rotatable bonds is 6. The van der Waals surface area contributed by atoms with E-state index in [0.717, 1.165) is 60.7 Å². The molecule has 0 fully saturated rings. The predicted octanol–water partition coefficient (Wildman–Crippen LogP) is 3.90. The molecule has 0 radical (unpaired) electrons. The van der Waals surface area contributed by atoms with Gasteiger partial charge in [0.05, 0.1) is 12.4 Å². The van der Waals surface area contributed by atoms with Crippen molar-refractivity contribution < 1.29 is 9.53 Å². The van der Waals surface area contributed by atoms with E-state index in [1.165, 1.54) is 17.3 Å². The van der Waals surface area contributed by atoms with Crippen molar-refractivity contribution in [2.75, 3.05) is 35.2 Å². The lowest BCUT2D eigenvalue weighted by atomic mass is 10.0. The Bertz CT molecular complexity index is 1080. The van der Waals surface area contributed by atoms with E-state index in [1.54, 1.807) is 0 Å². The van der Waals surface area contributed by atoms with Gasteiger partial charge in [0.2, 0.25) is 11.9 Å². The average molecular weight is 436 g/mol. The zero-order chi connectivity index (χ0) is 21.2. The predicted molar refractivity (Wildman–Crippen MR) is 122 cm³/mol. The number of benzene rings is 2. The fourth-order valence-corrected chi connectivity index (χ4v) is 5.05. The Kier molecular flexibility index (Phi) is 5.55. The number of carbonyl (C=O) groups excluding carboxylic acids is 1. The monoisotopic (exact) mass is 435 g/mol. The molecule has 0 aliphatic carbocycles. The highest BCUT2D eigenvalue weighted by Crippen LogP contribution is 2.33. The summed E-state index contributed by atoms with van der Waals surface area (Å²) < 4.78 is 7.63. The minimum Gasteiger partial charge on any atom is -0.494 e. The average Bonchev–Trinajstić information content (AvgIpc) is 3.40. The lowest BCUT2D eigenvalue weighted by molar-refractivity contribution is -0.116. The molecule has 0 spiro atoms. The molecule has 2 aromatic carbocycles. The van der Waals surface area contributed by atoms with E-state index >= 15 is 0 Å². The van der Waals surface area contributed by atoms with E-state index in [1.807, 2.05) is 54.3 Å². The lowest BCUT2D eigenvalue weighted by Gasteiger charge is -2.29. The number of aryl methyl sites for hydroxylation is 1. The van der Waals surface area contributed by atoms with Crippen LogP contribution in [0.25, 0.3) is 0 Å². The Morgan fingerprint density at radius 3 is 2.74 bits per heavy atom. The summed E-state index contributed by atoms with van der Waals surface area (Å²) in [4.78, 5) is 17.0. The van der Waals surface area contributed by atoms with Gasteiger partial charge in [-0.05, 0) is 55.7 Å². The molecule has 2 aliphatic rings. The standard InChI is InChI=1S/C23H25N5O2S/c1-2-30-19-11-9-18(10-12-19)26-14-15-28-22(26)24-25-23(28)31-16-21(29)27-13-5-7-17-6-3-4-8-20(17)27/h3-4,6,8-12H,2,5,7,13-16H2,1H3. The summed E-state index contributed by atoms with van der Waals surface area (Å²) in [6, 6.07) is 16.2. The minimum absolute atomic E-state index is 0.121. The SMILES string of the molecule is CCOc1ccc(N2CCn3c(SCC(=O)N4CCCc5ccccc54)nnc32)cc1. The van der Waals surface area contributed by atoms with Gasteiger partial charge in [-0.1, -0.05) is 30.0 Å². The fraction of sp³-hybridized carbons (Fsp3) is 0.348. The molecule has 0 saturated heterocycles. The van der Waals surface area contributed by atoms with Crippen LogP contribution in [0, 0.1) is 0 Å². The van der Waals surface area contributed by atoms with Gasteiger partial charge in [0, 0.05) is 31.0 Å². The minimum atomic E-state index is 0.121. The summed E-state index contributed by atoms with van der Waals surface area (Å²) in [5.74, 6) is 2.16. The number of aromatic nitrogens is 3. The number of anilines is 3. The summed E-state index contributed by atoms with van der Waals surface area (Å²) in [6.45, 7) is 5.04. The van der Waals surface area contributed by atoms with Crippen LogP contribution in [-0.2, 0) is 17.8 Å². The second-order valence-corrected chi connectivity index (χ2v) is 8.52. The molecule has 0 saturated carbocycles. The molecule has 8 heteroatoms. The van der Waals surface area contributed by atoms with Crippen LogP contribution in [0.4, 0.5) is 17.3 Å². The largest absolute Gasteiger partial charge is 0.494 e. The topological polar surface area (TPSA) is 63.5 Å². The van der Waals surface area contributed by atoms with Crippen molar-refractivity contribution in [2.45, 2.75) is 31.5 Å². The lowest BCUT2D eigenvalue weighted by Crippen LogP contribution is -2.36. The Morgan fingerprint density at radius 1 is 1.06 bits per heavy atom. The molecule has 1 aromatic heterocycles. The van der Waals surface area contributed by atoms with E-state index in [4.69, 9.17) is 4.74 Å². The maximum absolute atomic E-state index is 13.0. The molecule has 2 aliphatic heterocycles. The summed E-state index contributed by atoms with van der Waals surface area (Å²) in [7, 11) is 0. The number of hydrogen-bond acceptors (Lipinski definition) is 6. The molecule has 5 rings (SSSR count). The second kappa shape index (κ2) is 8.63. The normalized spacial score (nSPS) is 15.0. The summed E-state index contributed by atoms with van der Waals surface area (Å²) >= 11 is 1.47. The molecule has 0 atom stereocenters. The molecule has 0 N–H and O–H groups in total.